The summed E-state index contributed by atoms with van der Waals surface area (Å²) in [6, 6.07) is 7.42. The molecule has 1 atom stereocenters. The van der Waals surface area contributed by atoms with Crippen molar-refractivity contribution < 1.29 is 9.53 Å². The molecule has 18 heavy (non-hydrogen) atoms. The molecule has 2 rings (SSSR count). The van der Waals surface area contributed by atoms with Crippen LogP contribution in [0.3, 0.4) is 0 Å². The Morgan fingerprint density at radius 3 is 3.06 bits per heavy atom. The monoisotopic (exact) mass is 248 g/mol. The van der Waals surface area contributed by atoms with E-state index in [1.165, 1.54) is 0 Å². The summed E-state index contributed by atoms with van der Waals surface area (Å²) < 4.78 is 5.50. The van der Waals surface area contributed by atoms with Gasteiger partial charge in [0.1, 0.15) is 0 Å². The van der Waals surface area contributed by atoms with Crippen LogP contribution < -0.4 is 11.1 Å². The van der Waals surface area contributed by atoms with Crippen molar-refractivity contribution in [2.75, 3.05) is 13.2 Å². The fourth-order valence-corrected chi connectivity index (χ4v) is 2.22. The van der Waals surface area contributed by atoms with Gasteiger partial charge in [0.2, 0.25) is 5.91 Å². The standard InChI is InChI=1S/C14H20N2O2/c1-14(6-3-7-18-10-14)16-9-11-4-2-5-12(8-11)13(15)17/h2,4-5,8,16H,3,6-7,9-10H2,1H3,(H2,15,17). The third-order valence-corrected chi connectivity index (χ3v) is 3.37. The summed E-state index contributed by atoms with van der Waals surface area (Å²) in [6.07, 6.45) is 2.20. The largest absolute Gasteiger partial charge is 0.380 e. The number of rotatable bonds is 4. The summed E-state index contributed by atoms with van der Waals surface area (Å²) in [5.74, 6) is -0.385. The van der Waals surface area contributed by atoms with Crippen molar-refractivity contribution >= 4 is 5.91 Å². The Balaban J connectivity index is 1.97. The number of nitrogens with two attached hydrogens (primary N) is 1. The van der Waals surface area contributed by atoms with Crippen LogP contribution in [-0.4, -0.2) is 24.7 Å². The molecule has 0 saturated carbocycles. The minimum absolute atomic E-state index is 0.0287. The zero-order valence-corrected chi connectivity index (χ0v) is 10.7. The zero-order chi connectivity index (χ0) is 13.0. The van der Waals surface area contributed by atoms with Crippen LogP contribution in [0.5, 0.6) is 0 Å². The lowest BCUT2D eigenvalue weighted by atomic mass is 9.94. The molecule has 1 aromatic carbocycles. The van der Waals surface area contributed by atoms with E-state index in [1.54, 1.807) is 6.07 Å². The van der Waals surface area contributed by atoms with Crippen LogP contribution in [0.1, 0.15) is 35.7 Å². The summed E-state index contributed by atoms with van der Waals surface area (Å²) in [4.78, 5) is 11.1. The molecule has 1 fully saturated rings. The van der Waals surface area contributed by atoms with Crippen molar-refractivity contribution in [2.24, 2.45) is 5.73 Å². The van der Waals surface area contributed by atoms with Gasteiger partial charge in [-0.2, -0.15) is 0 Å². The first kappa shape index (κ1) is 13.1. The molecule has 1 unspecified atom stereocenters. The van der Waals surface area contributed by atoms with Gasteiger partial charge in [-0.1, -0.05) is 12.1 Å². The molecule has 0 spiro atoms. The maximum Gasteiger partial charge on any atom is 0.248 e. The van der Waals surface area contributed by atoms with Gasteiger partial charge in [0, 0.05) is 24.3 Å². The zero-order valence-electron chi connectivity index (χ0n) is 10.7. The highest BCUT2D eigenvalue weighted by Crippen LogP contribution is 2.19. The highest BCUT2D eigenvalue weighted by Gasteiger charge is 2.26. The first-order valence-electron chi connectivity index (χ1n) is 6.31. The lowest BCUT2D eigenvalue weighted by Gasteiger charge is -2.34. The quantitative estimate of drug-likeness (QED) is 0.847. The van der Waals surface area contributed by atoms with Gasteiger partial charge in [-0.05, 0) is 37.5 Å². The Kier molecular flexibility index (Phi) is 3.99. The van der Waals surface area contributed by atoms with E-state index in [1.807, 2.05) is 18.2 Å². The number of primary amides is 1. The Morgan fingerprint density at radius 1 is 1.56 bits per heavy atom. The molecule has 0 bridgehead atoms. The van der Waals surface area contributed by atoms with Gasteiger partial charge >= 0.3 is 0 Å². The predicted octanol–water partition coefficient (Wildman–Crippen LogP) is 1.44. The molecule has 4 nitrogen and oxygen atoms in total. The highest BCUT2D eigenvalue weighted by atomic mass is 16.5. The van der Waals surface area contributed by atoms with Crippen molar-refractivity contribution in [2.45, 2.75) is 31.8 Å². The number of carbonyl (C=O) groups excluding carboxylic acids is 1. The first-order valence-corrected chi connectivity index (χ1v) is 6.31. The average Bonchev–Trinajstić information content (AvgIpc) is 2.38. The topological polar surface area (TPSA) is 64.3 Å². The third kappa shape index (κ3) is 3.31. The molecule has 98 valence electrons. The molecule has 3 N–H and O–H groups in total. The fraction of sp³-hybridized carbons (Fsp3) is 0.500. The summed E-state index contributed by atoms with van der Waals surface area (Å²) in [7, 11) is 0. The number of hydrogen-bond donors (Lipinski definition) is 2. The molecule has 0 aliphatic carbocycles. The van der Waals surface area contributed by atoms with Crippen molar-refractivity contribution in [1.29, 1.82) is 0 Å². The van der Waals surface area contributed by atoms with Crippen LogP contribution in [0.15, 0.2) is 24.3 Å². The van der Waals surface area contributed by atoms with Crippen LogP contribution in [-0.2, 0) is 11.3 Å². The molecule has 4 heteroatoms. The van der Waals surface area contributed by atoms with Gasteiger partial charge in [0.15, 0.2) is 0 Å². The summed E-state index contributed by atoms with van der Waals surface area (Å²) in [5.41, 5.74) is 6.92. The van der Waals surface area contributed by atoms with Gasteiger partial charge in [0.05, 0.1) is 6.61 Å². The maximum atomic E-state index is 11.1. The number of hydrogen-bond acceptors (Lipinski definition) is 3. The SMILES string of the molecule is CC1(NCc2cccc(C(N)=O)c2)CCCOC1. The molecule has 1 aliphatic heterocycles. The lowest BCUT2D eigenvalue weighted by molar-refractivity contribution is 0.0278. The lowest BCUT2D eigenvalue weighted by Crippen LogP contribution is -2.48. The van der Waals surface area contributed by atoms with E-state index in [0.29, 0.717) is 5.56 Å². The Morgan fingerprint density at radius 2 is 2.39 bits per heavy atom. The molecule has 1 aromatic rings. The summed E-state index contributed by atoms with van der Waals surface area (Å²) in [6.45, 7) is 4.49. The van der Waals surface area contributed by atoms with E-state index in [0.717, 1.165) is 38.2 Å². The first-order chi connectivity index (χ1) is 8.59. The van der Waals surface area contributed by atoms with Gasteiger partial charge in [-0.25, -0.2) is 0 Å². The van der Waals surface area contributed by atoms with Crippen LogP contribution in [0.25, 0.3) is 0 Å². The molecular weight excluding hydrogens is 228 g/mol. The Hall–Kier alpha value is -1.39. The minimum atomic E-state index is -0.385. The van der Waals surface area contributed by atoms with E-state index in [2.05, 4.69) is 12.2 Å². The number of carbonyl (C=O) groups is 1. The van der Waals surface area contributed by atoms with Crippen LogP contribution in [0.2, 0.25) is 0 Å². The summed E-state index contributed by atoms with van der Waals surface area (Å²) >= 11 is 0. The van der Waals surface area contributed by atoms with E-state index in [4.69, 9.17) is 10.5 Å². The number of benzene rings is 1. The second-order valence-electron chi connectivity index (χ2n) is 5.13. The third-order valence-electron chi connectivity index (χ3n) is 3.37. The van der Waals surface area contributed by atoms with E-state index in [9.17, 15) is 4.79 Å². The minimum Gasteiger partial charge on any atom is -0.380 e. The predicted molar refractivity (Wildman–Crippen MR) is 70.3 cm³/mol. The van der Waals surface area contributed by atoms with Gasteiger partial charge < -0.3 is 15.8 Å². The molecule has 1 saturated heterocycles. The smallest absolute Gasteiger partial charge is 0.248 e. The Bertz CT molecular complexity index is 426. The molecule has 1 heterocycles. The molecule has 1 aliphatic rings. The molecule has 1 amide bonds. The van der Waals surface area contributed by atoms with E-state index in [-0.39, 0.29) is 11.4 Å². The van der Waals surface area contributed by atoms with Crippen LogP contribution in [0, 0.1) is 0 Å². The number of ether oxygens (including phenoxy) is 1. The maximum absolute atomic E-state index is 11.1. The number of nitrogens with one attached hydrogen (secondary N) is 1. The van der Waals surface area contributed by atoms with Gasteiger partial charge in [-0.3, -0.25) is 4.79 Å². The van der Waals surface area contributed by atoms with Crippen molar-refractivity contribution in [3.8, 4) is 0 Å². The highest BCUT2D eigenvalue weighted by molar-refractivity contribution is 5.92. The van der Waals surface area contributed by atoms with Crippen molar-refractivity contribution in [3.05, 3.63) is 35.4 Å². The van der Waals surface area contributed by atoms with Crippen LogP contribution >= 0.6 is 0 Å². The van der Waals surface area contributed by atoms with E-state index < -0.39 is 0 Å². The molecular formula is C14H20N2O2. The second kappa shape index (κ2) is 5.50. The Labute approximate surface area is 108 Å². The molecule has 0 aromatic heterocycles. The normalized spacial score (nSPS) is 23.8. The van der Waals surface area contributed by atoms with Crippen molar-refractivity contribution in [3.63, 3.8) is 0 Å². The van der Waals surface area contributed by atoms with Crippen molar-refractivity contribution in [1.82, 2.24) is 5.32 Å². The molecule has 0 radical (unpaired) electrons. The summed E-state index contributed by atoms with van der Waals surface area (Å²) in [5, 5.41) is 3.50. The second-order valence-corrected chi connectivity index (χ2v) is 5.13. The average molecular weight is 248 g/mol. The van der Waals surface area contributed by atoms with Gasteiger partial charge in [0.25, 0.3) is 0 Å². The van der Waals surface area contributed by atoms with Crippen LogP contribution in [0.4, 0.5) is 0 Å². The fourth-order valence-electron chi connectivity index (χ4n) is 2.22. The van der Waals surface area contributed by atoms with Gasteiger partial charge in [-0.15, -0.1) is 0 Å². The van der Waals surface area contributed by atoms with E-state index >= 15 is 0 Å². The number of amides is 1.